The number of carbonyl (C=O) groups is 2. The first kappa shape index (κ1) is 23.5. The monoisotopic (exact) mass is 462 g/mol. The molecule has 3 aromatic rings. The molecule has 0 aliphatic carbocycles. The number of nitrogens with one attached hydrogen (secondary N) is 1. The molecule has 1 aromatic heterocycles. The smallest absolute Gasteiger partial charge is 0.273 e. The number of para-hydroxylation sites is 1. The van der Waals surface area contributed by atoms with Gasteiger partial charge in [-0.3, -0.25) is 14.3 Å². The van der Waals surface area contributed by atoms with E-state index >= 15 is 0 Å². The highest BCUT2D eigenvalue weighted by Gasteiger charge is 2.47. The third-order valence-electron chi connectivity index (χ3n) is 6.22. The second kappa shape index (κ2) is 10.1. The number of rotatable bonds is 9. The van der Waals surface area contributed by atoms with Gasteiger partial charge in [-0.25, -0.2) is 0 Å². The van der Waals surface area contributed by atoms with Crippen LogP contribution in [0.4, 0.5) is 0 Å². The molecule has 0 saturated heterocycles. The Kier molecular flexibility index (Phi) is 6.98. The van der Waals surface area contributed by atoms with Crippen molar-refractivity contribution in [3.63, 3.8) is 0 Å². The van der Waals surface area contributed by atoms with Crippen LogP contribution in [0.25, 0.3) is 11.3 Å². The van der Waals surface area contributed by atoms with E-state index in [9.17, 15) is 9.59 Å². The second-order valence-electron chi connectivity index (χ2n) is 8.51. The molecule has 2 heterocycles. The third kappa shape index (κ3) is 4.54. The van der Waals surface area contributed by atoms with Crippen molar-refractivity contribution in [2.75, 3.05) is 27.4 Å². The Balaban J connectivity index is 1.62. The summed E-state index contributed by atoms with van der Waals surface area (Å²) in [5.74, 6) is 0.241. The van der Waals surface area contributed by atoms with E-state index in [1.807, 2.05) is 54.6 Å². The van der Waals surface area contributed by atoms with Gasteiger partial charge in [-0.2, -0.15) is 5.10 Å². The molecule has 0 saturated carbocycles. The molecule has 8 heteroatoms. The van der Waals surface area contributed by atoms with Gasteiger partial charge in [0.05, 0.1) is 19.3 Å². The molecule has 178 valence electrons. The second-order valence-corrected chi connectivity index (χ2v) is 8.51. The van der Waals surface area contributed by atoms with E-state index in [1.165, 1.54) is 0 Å². The lowest BCUT2D eigenvalue weighted by Crippen LogP contribution is -2.64. The Hall–Kier alpha value is -3.65. The number of nitrogens with zero attached hydrogens (tertiary/aromatic N) is 3. The fourth-order valence-electron chi connectivity index (χ4n) is 4.32. The van der Waals surface area contributed by atoms with Gasteiger partial charge in [-0.1, -0.05) is 48.5 Å². The molecule has 0 spiro atoms. The largest absolute Gasteiger partial charge is 0.496 e. The Morgan fingerprint density at radius 2 is 1.85 bits per heavy atom. The van der Waals surface area contributed by atoms with Gasteiger partial charge >= 0.3 is 0 Å². The highest BCUT2D eigenvalue weighted by atomic mass is 16.5. The molecule has 1 unspecified atom stereocenters. The number of aromatic nitrogens is 2. The first-order valence-corrected chi connectivity index (χ1v) is 11.3. The number of benzene rings is 2. The minimum atomic E-state index is -1.11. The number of ether oxygens (including phenoxy) is 2. The first-order chi connectivity index (χ1) is 16.5. The van der Waals surface area contributed by atoms with E-state index in [0.29, 0.717) is 43.3 Å². The van der Waals surface area contributed by atoms with E-state index < -0.39 is 5.54 Å². The molecule has 0 fully saturated rings. The number of hydrogen-bond acceptors (Lipinski definition) is 5. The van der Waals surface area contributed by atoms with Crippen LogP contribution in [0, 0.1) is 0 Å². The van der Waals surface area contributed by atoms with Crippen molar-refractivity contribution in [3.05, 3.63) is 71.9 Å². The molecular formula is C26H30N4O4. The summed E-state index contributed by atoms with van der Waals surface area (Å²) in [6.45, 7) is 3.24. The fraction of sp³-hybridized carbons (Fsp3) is 0.346. The van der Waals surface area contributed by atoms with E-state index in [1.54, 1.807) is 36.8 Å². The summed E-state index contributed by atoms with van der Waals surface area (Å²) in [5.41, 5.74) is 1.86. The Labute approximate surface area is 199 Å². The zero-order chi connectivity index (χ0) is 24.1. The molecule has 8 nitrogen and oxygen atoms in total. The maximum atomic E-state index is 13.6. The van der Waals surface area contributed by atoms with Crippen LogP contribution < -0.4 is 10.1 Å². The SMILES string of the molecule is COCCCN1C(=O)c2cc(-c3ccccc3)nn2CC1(C)C(=O)NCc1ccccc1OC. The average Bonchev–Trinajstić information content (AvgIpc) is 3.29. The molecule has 0 radical (unpaired) electrons. The third-order valence-corrected chi connectivity index (χ3v) is 6.22. The lowest BCUT2D eigenvalue weighted by Gasteiger charge is -2.43. The van der Waals surface area contributed by atoms with Crippen molar-refractivity contribution in [3.8, 4) is 17.0 Å². The van der Waals surface area contributed by atoms with Gasteiger partial charge in [-0.15, -0.1) is 0 Å². The molecular weight excluding hydrogens is 432 g/mol. The number of carbonyl (C=O) groups excluding carboxylic acids is 2. The van der Waals surface area contributed by atoms with Crippen LogP contribution in [0.1, 0.15) is 29.4 Å². The van der Waals surface area contributed by atoms with Crippen molar-refractivity contribution in [2.45, 2.75) is 32.0 Å². The molecule has 1 aliphatic rings. The zero-order valence-electron chi connectivity index (χ0n) is 19.8. The van der Waals surface area contributed by atoms with Gasteiger partial charge in [0.2, 0.25) is 5.91 Å². The Morgan fingerprint density at radius 3 is 2.59 bits per heavy atom. The topological polar surface area (TPSA) is 85.7 Å². The van der Waals surface area contributed by atoms with Crippen LogP contribution in [0.15, 0.2) is 60.7 Å². The number of hydrogen-bond donors (Lipinski definition) is 1. The number of methoxy groups -OCH3 is 2. The Morgan fingerprint density at radius 1 is 1.12 bits per heavy atom. The summed E-state index contributed by atoms with van der Waals surface area (Å²) in [6, 6.07) is 19.0. The van der Waals surface area contributed by atoms with Gasteiger partial charge in [0.15, 0.2) is 0 Å². The maximum absolute atomic E-state index is 13.6. The van der Waals surface area contributed by atoms with Crippen molar-refractivity contribution in [2.24, 2.45) is 0 Å². The predicted molar refractivity (Wildman–Crippen MR) is 128 cm³/mol. The van der Waals surface area contributed by atoms with Gasteiger partial charge in [0.1, 0.15) is 17.0 Å². The van der Waals surface area contributed by atoms with Crippen molar-refractivity contribution >= 4 is 11.8 Å². The van der Waals surface area contributed by atoms with Gasteiger partial charge in [-0.05, 0) is 25.5 Å². The first-order valence-electron chi connectivity index (χ1n) is 11.3. The van der Waals surface area contributed by atoms with E-state index in [0.717, 1.165) is 11.1 Å². The summed E-state index contributed by atoms with van der Waals surface area (Å²) in [4.78, 5) is 28.8. The maximum Gasteiger partial charge on any atom is 0.273 e. The predicted octanol–water partition coefficient (Wildman–Crippen LogP) is 3.13. The van der Waals surface area contributed by atoms with Crippen LogP contribution in [0.3, 0.4) is 0 Å². The molecule has 0 bridgehead atoms. The highest BCUT2D eigenvalue weighted by molar-refractivity contribution is 6.00. The van der Waals surface area contributed by atoms with Crippen LogP contribution in [0.5, 0.6) is 5.75 Å². The number of amides is 2. The molecule has 1 aliphatic heterocycles. The molecule has 34 heavy (non-hydrogen) atoms. The summed E-state index contributed by atoms with van der Waals surface area (Å²) in [5, 5.41) is 7.68. The normalized spacial score (nSPS) is 17.4. The van der Waals surface area contributed by atoms with Crippen LogP contribution in [0.2, 0.25) is 0 Å². The van der Waals surface area contributed by atoms with Crippen LogP contribution in [-0.2, 0) is 22.6 Å². The van der Waals surface area contributed by atoms with Crippen LogP contribution >= 0.6 is 0 Å². The average molecular weight is 463 g/mol. The summed E-state index contributed by atoms with van der Waals surface area (Å²) in [7, 11) is 3.22. The van der Waals surface area contributed by atoms with Gasteiger partial charge in [0.25, 0.3) is 5.91 Å². The summed E-state index contributed by atoms with van der Waals surface area (Å²) in [6.07, 6.45) is 0.622. The molecule has 2 aromatic carbocycles. The van der Waals surface area contributed by atoms with Gasteiger partial charge < -0.3 is 19.7 Å². The fourth-order valence-corrected chi connectivity index (χ4v) is 4.32. The minimum Gasteiger partial charge on any atom is -0.496 e. The van der Waals surface area contributed by atoms with Crippen molar-refractivity contribution in [1.29, 1.82) is 0 Å². The van der Waals surface area contributed by atoms with E-state index in [2.05, 4.69) is 10.4 Å². The number of fused-ring (bicyclic) bond motifs is 1. The molecule has 1 N–H and O–H groups in total. The quantitative estimate of drug-likeness (QED) is 0.494. The highest BCUT2D eigenvalue weighted by Crippen LogP contribution is 2.30. The summed E-state index contributed by atoms with van der Waals surface area (Å²) < 4.78 is 12.2. The van der Waals surface area contributed by atoms with Crippen molar-refractivity contribution < 1.29 is 19.1 Å². The lowest BCUT2D eigenvalue weighted by atomic mass is 9.94. The summed E-state index contributed by atoms with van der Waals surface area (Å²) >= 11 is 0. The van der Waals surface area contributed by atoms with E-state index in [-0.39, 0.29) is 18.4 Å². The minimum absolute atomic E-state index is 0.216. The van der Waals surface area contributed by atoms with Gasteiger partial charge in [0, 0.05) is 37.9 Å². The lowest BCUT2D eigenvalue weighted by molar-refractivity contribution is -0.133. The van der Waals surface area contributed by atoms with Crippen molar-refractivity contribution in [1.82, 2.24) is 20.0 Å². The van der Waals surface area contributed by atoms with E-state index in [4.69, 9.17) is 9.47 Å². The molecule has 4 rings (SSSR count). The van der Waals surface area contributed by atoms with Crippen LogP contribution in [-0.4, -0.2) is 59.4 Å². The zero-order valence-corrected chi connectivity index (χ0v) is 19.8. The standard InChI is InChI=1S/C26H30N4O4/c1-26(25(32)27-17-20-12-7-8-13-23(20)34-3)18-30-22(24(31)29(26)14-9-15-33-2)16-21(28-30)19-10-5-4-6-11-19/h4-8,10-13,16H,9,14-15,17-18H2,1-3H3,(H,27,32). The Bertz CT molecular complexity index is 1160. The molecule has 2 amide bonds. The molecule has 1 atom stereocenters.